The fraction of sp³-hybridized carbons (Fsp3) is 0.267. The molecular formula is C15H14FN3O8S. The monoisotopic (exact) mass is 415 g/mol. The minimum atomic E-state index is -4.48. The van der Waals surface area contributed by atoms with Crippen molar-refractivity contribution in [3.63, 3.8) is 0 Å². The van der Waals surface area contributed by atoms with Gasteiger partial charge >= 0.3 is 5.69 Å². The van der Waals surface area contributed by atoms with E-state index < -0.39 is 62.4 Å². The highest BCUT2D eigenvalue weighted by molar-refractivity contribution is 7.90. The fourth-order valence-corrected chi connectivity index (χ4v) is 3.64. The molecule has 0 spiro atoms. The summed E-state index contributed by atoms with van der Waals surface area (Å²) in [7, 11) is -4.48. The molecule has 1 aliphatic rings. The summed E-state index contributed by atoms with van der Waals surface area (Å²) in [5.41, 5.74) is -1.69. The summed E-state index contributed by atoms with van der Waals surface area (Å²) >= 11 is 0. The number of benzene rings is 1. The lowest BCUT2D eigenvalue weighted by molar-refractivity contribution is -0.135. The molecule has 28 heavy (non-hydrogen) atoms. The number of ether oxygens (including phenoxy) is 1. The number of sulfonamides is 1. The Morgan fingerprint density at radius 1 is 1.21 bits per heavy atom. The summed E-state index contributed by atoms with van der Waals surface area (Å²) in [6.45, 7) is 0. The van der Waals surface area contributed by atoms with Gasteiger partial charge in [0.15, 0.2) is 12.3 Å². The van der Waals surface area contributed by atoms with E-state index in [0.717, 1.165) is 35.0 Å². The second kappa shape index (κ2) is 7.27. The summed E-state index contributed by atoms with van der Waals surface area (Å²) in [6, 6.07) is 4.80. The molecule has 0 saturated carbocycles. The topological polar surface area (TPSA) is 168 Å². The number of amides is 1. The number of aliphatic hydroxyl groups is 2. The number of nitrogens with one attached hydrogen (secondary N) is 2. The van der Waals surface area contributed by atoms with E-state index in [2.05, 4.69) is 0 Å². The van der Waals surface area contributed by atoms with Crippen molar-refractivity contribution in [3.05, 3.63) is 63.2 Å². The number of carbonyl (C=O) groups excluding carboxylic acids is 1. The van der Waals surface area contributed by atoms with Crippen LogP contribution in [0.3, 0.4) is 0 Å². The SMILES string of the molecule is O=C(NS(=O)(=O)c1cccc(F)c1)[C@H]1O[C@@H](n2ccc(=O)[nH]c2=O)[C@H](O)[C@@H]1O. The maximum absolute atomic E-state index is 13.2. The van der Waals surface area contributed by atoms with Gasteiger partial charge in [-0.25, -0.2) is 22.3 Å². The molecule has 2 heterocycles. The Morgan fingerprint density at radius 3 is 2.57 bits per heavy atom. The lowest BCUT2D eigenvalue weighted by Gasteiger charge is -2.16. The minimum Gasteiger partial charge on any atom is -0.387 e. The van der Waals surface area contributed by atoms with E-state index in [1.165, 1.54) is 0 Å². The lowest BCUT2D eigenvalue weighted by Crippen LogP contribution is -2.44. The molecule has 1 fully saturated rings. The second-order valence-corrected chi connectivity index (χ2v) is 7.56. The predicted molar refractivity (Wildman–Crippen MR) is 89.0 cm³/mol. The van der Waals surface area contributed by atoms with Gasteiger partial charge in [0.1, 0.15) is 18.0 Å². The predicted octanol–water partition coefficient (Wildman–Crippen LogP) is -2.20. The molecule has 4 N–H and O–H groups in total. The van der Waals surface area contributed by atoms with Gasteiger partial charge in [-0.3, -0.25) is 19.1 Å². The highest BCUT2D eigenvalue weighted by Gasteiger charge is 2.48. The summed E-state index contributed by atoms with van der Waals surface area (Å²) in [4.78, 5) is 36.5. The van der Waals surface area contributed by atoms with Crippen molar-refractivity contribution in [2.24, 2.45) is 0 Å². The van der Waals surface area contributed by atoms with E-state index in [1.807, 2.05) is 4.98 Å². The van der Waals surface area contributed by atoms with Crippen molar-refractivity contribution in [3.8, 4) is 0 Å². The third-order valence-corrected chi connectivity index (χ3v) is 5.31. The molecule has 0 bridgehead atoms. The summed E-state index contributed by atoms with van der Waals surface area (Å²) < 4.78 is 45.1. The first-order valence-electron chi connectivity index (χ1n) is 7.75. The third-order valence-electron chi connectivity index (χ3n) is 3.96. The molecule has 2 aromatic rings. The standard InChI is InChI=1S/C15H14FN3O8S/c16-7-2-1-3-8(6-7)28(25,26)18-13(23)12-10(21)11(22)14(27-12)19-5-4-9(20)17-15(19)24/h1-6,10-12,14,21-22H,(H,18,23)(H,17,20,24)/t10-,11+,12-,14+/m0/s1. The molecule has 1 aromatic heterocycles. The maximum Gasteiger partial charge on any atom is 0.330 e. The van der Waals surface area contributed by atoms with Gasteiger partial charge < -0.3 is 14.9 Å². The van der Waals surface area contributed by atoms with Crippen LogP contribution >= 0.6 is 0 Å². The number of H-pyrrole nitrogens is 1. The van der Waals surface area contributed by atoms with Gasteiger partial charge in [0, 0.05) is 12.3 Å². The largest absolute Gasteiger partial charge is 0.387 e. The van der Waals surface area contributed by atoms with E-state index in [1.54, 1.807) is 4.72 Å². The molecule has 150 valence electrons. The van der Waals surface area contributed by atoms with Gasteiger partial charge in [0.05, 0.1) is 4.90 Å². The molecule has 0 aliphatic carbocycles. The zero-order chi connectivity index (χ0) is 20.6. The summed E-state index contributed by atoms with van der Waals surface area (Å²) in [5, 5.41) is 20.1. The molecule has 0 radical (unpaired) electrons. The summed E-state index contributed by atoms with van der Waals surface area (Å²) in [5.74, 6) is -2.18. The van der Waals surface area contributed by atoms with Gasteiger partial charge in [-0.2, -0.15) is 0 Å². The van der Waals surface area contributed by atoms with Crippen molar-refractivity contribution in [1.82, 2.24) is 14.3 Å². The van der Waals surface area contributed by atoms with E-state index in [0.29, 0.717) is 6.07 Å². The number of carbonyl (C=O) groups is 1. The molecule has 4 atom stereocenters. The van der Waals surface area contributed by atoms with Crippen LogP contribution in [0.5, 0.6) is 0 Å². The van der Waals surface area contributed by atoms with Crippen LogP contribution in [0.25, 0.3) is 0 Å². The normalized spacial score (nSPS) is 24.8. The van der Waals surface area contributed by atoms with Crippen LogP contribution in [0, 0.1) is 5.82 Å². The van der Waals surface area contributed by atoms with Gasteiger partial charge in [-0.15, -0.1) is 0 Å². The number of nitrogens with zero attached hydrogens (tertiary/aromatic N) is 1. The number of rotatable bonds is 4. The Balaban J connectivity index is 1.83. The van der Waals surface area contributed by atoms with Crippen LogP contribution in [-0.4, -0.2) is 52.4 Å². The number of aliphatic hydroxyl groups excluding tert-OH is 2. The Labute approximate surface area is 156 Å². The average molecular weight is 415 g/mol. The van der Waals surface area contributed by atoms with Crippen molar-refractivity contribution < 1.29 is 32.6 Å². The molecule has 1 aliphatic heterocycles. The highest BCUT2D eigenvalue weighted by atomic mass is 32.2. The molecular weight excluding hydrogens is 401 g/mol. The maximum atomic E-state index is 13.2. The Bertz CT molecular complexity index is 1130. The number of aromatic amines is 1. The molecule has 11 nitrogen and oxygen atoms in total. The zero-order valence-electron chi connectivity index (χ0n) is 13.9. The average Bonchev–Trinajstić information content (AvgIpc) is 2.90. The van der Waals surface area contributed by atoms with Gasteiger partial charge in [-0.1, -0.05) is 6.07 Å². The lowest BCUT2D eigenvalue weighted by atomic mass is 10.1. The van der Waals surface area contributed by atoms with Crippen molar-refractivity contribution in [2.45, 2.75) is 29.4 Å². The molecule has 3 rings (SSSR count). The van der Waals surface area contributed by atoms with Crippen molar-refractivity contribution in [1.29, 1.82) is 0 Å². The molecule has 13 heteroatoms. The van der Waals surface area contributed by atoms with Gasteiger partial charge in [0.25, 0.3) is 21.5 Å². The fourth-order valence-electron chi connectivity index (χ4n) is 2.62. The first-order valence-corrected chi connectivity index (χ1v) is 9.24. The van der Waals surface area contributed by atoms with E-state index in [-0.39, 0.29) is 0 Å². The van der Waals surface area contributed by atoms with Crippen LogP contribution in [0.2, 0.25) is 0 Å². The third kappa shape index (κ3) is 3.73. The van der Waals surface area contributed by atoms with Gasteiger partial charge in [0.2, 0.25) is 0 Å². The second-order valence-electron chi connectivity index (χ2n) is 5.87. The highest BCUT2D eigenvalue weighted by Crippen LogP contribution is 2.28. The van der Waals surface area contributed by atoms with E-state index in [4.69, 9.17) is 4.74 Å². The van der Waals surface area contributed by atoms with E-state index in [9.17, 15) is 37.4 Å². The number of aromatic nitrogens is 2. The van der Waals surface area contributed by atoms with Crippen LogP contribution in [0.15, 0.2) is 51.0 Å². The van der Waals surface area contributed by atoms with Crippen LogP contribution < -0.4 is 16.0 Å². The smallest absolute Gasteiger partial charge is 0.330 e. The summed E-state index contributed by atoms with van der Waals surface area (Å²) in [6.07, 6.45) is -6.11. The van der Waals surface area contributed by atoms with Crippen LogP contribution in [-0.2, 0) is 19.6 Å². The Kier molecular flexibility index (Phi) is 5.16. The quantitative estimate of drug-likeness (QED) is 0.436. The Hall–Kier alpha value is -2.87. The van der Waals surface area contributed by atoms with E-state index >= 15 is 0 Å². The molecule has 1 aromatic carbocycles. The molecule has 1 amide bonds. The minimum absolute atomic E-state index is 0.540. The Morgan fingerprint density at radius 2 is 1.93 bits per heavy atom. The number of hydrogen-bond acceptors (Lipinski definition) is 8. The number of hydrogen-bond donors (Lipinski definition) is 4. The van der Waals surface area contributed by atoms with Crippen LogP contribution in [0.1, 0.15) is 6.23 Å². The molecule has 1 saturated heterocycles. The van der Waals surface area contributed by atoms with Gasteiger partial charge in [-0.05, 0) is 18.2 Å². The van der Waals surface area contributed by atoms with Crippen molar-refractivity contribution in [2.75, 3.05) is 0 Å². The first-order chi connectivity index (χ1) is 13.1. The van der Waals surface area contributed by atoms with Crippen LogP contribution in [0.4, 0.5) is 4.39 Å². The number of halogens is 1. The molecule has 0 unspecified atom stereocenters. The van der Waals surface area contributed by atoms with Crippen molar-refractivity contribution >= 4 is 15.9 Å². The first kappa shape index (κ1) is 19.9. The zero-order valence-corrected chi connectivity index (χ0v) is 14.7.